The molecule has 0 bridgehead atoms. The molecule has 2 aromatic carbocycles. The fourth-order valence-electron chi connectivity index (χ4n) is 2.34. The molecule has 1 atom stereocenters. The van der Waals surface area contributed by atoms with Crippen LogP contribution >= 0.6 is 0 Å². The molecule has 7 heteroatoms. The monoisotopic (exact) mass is 348 g/mol. The van der Waals surface area contributed by atoms with Crippen LogP contribution < -0.4 is 15.8 Å². The molecule has 0 aliphatic rings. The van der Waals surface area contributed by atoms with Gasteiger partial charge in [0.15, 0.2) is 0 Å². The van der Waals surface area contributed by atoms with E-state index in [-0.39, 0.29) is 18.4 Å². The van der Waals surface area contributed by atoms with Gasteiger partial charge >= 0.3 is 0 Å². The predicted octanol–water partition coefficient (Wildman–Crippen LogP) is 1.73. The topological polar surface area (TPSA) is 81.4 Å². The molecule has 0 fully saturated rings. The lowest BCUT2D eigenvalue weighted by atomic mass is 10.0. The lowest BCUT2D eigenvalue weighted by molar-refractivity contribution is -0.127. The molecule has 132 valence electrons. The van der Waals surface area contributed by atoms with Crippen LogP contribution in [0.15, 0.2) is 42.5 Å². The van der Waals surface area contributed by atoms with E-state index in [4.69, 9.17) is 10.5 Å². The molecule has 0 aromatic heterocycles. The third-order valence-electron chi connectivity index (χ3n) is 3.62. The van der Waals surface area contributed by atoms with Gasteiger partial charge in [0.1, 0.15) is 23.4 Å². The SMILES string of the molecule is COc1cccc(C[C@@H](NC(=O)Cc2ccc(F)cc2F)C(N)=O)c1. The van der Waals surface area contributed by atoms with Crippen LogP contribution in [0.3, 0.4) is 0 Å². The fraction of sp³-hybridized carbons (Fsp3) is 0.222. The Morgan fingerprint density at radius 1 is 1.20 bits per heavy atom. The first kappa shape index (κ1) is 18.4. The zero-order chi connectivity index (χ0) is 18.4. The van der Waals surface area contributed by atoms with Crippen molar-refractivity contribution in [3.8, 4) is 5.75 Å². The largest absolute Gasteiger partial charge is 0.497 e. The van der Waals surface area contributed by atoms with Gasteiger partial charge < -0.3 is 15.8 Å². The van der Waals surface area contributed by atoms with Crippen molar-refractivity contribution in [1.29, 1.82) is 0 Å². The van der Waals surface area contributed by atoms with E-state index >= 15 is 0 Å². The van der Waals surface area contributed by atoms with Crippen LogP contribution in [-0.2, 0) is 22.4 Å². The summed E-state index contributed by atoms with van der Waals surface area (Å²) in [6, 6.07) is 8.99. The second-order valence-corrected chi connectivity index (χ2v) is 5.49. The van der Waals surface area contributed by atoms with Crippen molar-refractivity contribution in [2.75, 3.05) is 7.11 Å². The molecule has 0 saturated heterocycles. The van der Waals surface area contributed by atoms with E-state index in [2.05, 4.69) is 5.32 Å². The van der Waals surface area contributed by atoms with Crippen molar-refractivity contribution in [2.24, 2.45) is 5.73 Å². The fourth-order valence-corrected chi connectivity index (χ4v) is 2.34. The number of methoxy groups -OCH3 is 1. The summed E-state index contributed by atoms with van der Waals surface area (Å²) >= 11 is 0. The summed E-state index contributed by atoms with van der Waals surface area (Å²) in [5, 5.41) is 2.48. The maximum Gasteiger partial charge on any atom is 0.240 e. The third kappa shape index (κ3) is 5.27. The number of rotatable bonds is 7. The van der Waals surface area contributed by atoms with Crippen molar-refractivity contribution in [1.82, 2.24) is 5.32 Å². The molecule has 0 radical (unpaired) electrons. The molecule has 2 aromatic rings. The lowest BCUT2D eigenvalue weighted by Crippen LogP contribution is -2.46. The molecule has 0 heterocycles. The molecular formula is C18H18F2N2O3. The number of primary amides is 1. The lowest BCUT2D eigenvalue weighted by Gasteiger charge is -2.16. The molecule has 0 unspecified atom stereocenters. The van der Waals surface area contributed by atoms with Crippen molar-refractivity contribution in [2.45, 2.75) is 18.9 Å². The van der Waals surface area contributed by atoms with Crippen LogP contribution in [-0.4, -0.2) is 25.0 Å². The number of carbonyl (C=O) groups is 2. The number of nitrogens with one attached hydrogen (secondary N) is 1. The van der Waals surface area contributed by atoms with Gasteiger partial charge in [-0.2, -0.15) is 0 Å². The molecule has 0 aliphatic heterocycles. The Kier molecular flexibility index (Phi) is 6.05. The number of amides is 2. The Hall–Kier alpha value is -2.96. The summed E-state index contributed by atoms with van der Waals surface area (Å²) in [5.74, 6) is -2.23. The summed E-state index contributed by atoms with van der Waals surface area (Å²) in [6.45, 7) is 0. The molecule has 0 saturated carbocycles. The van der Waals surface area contributed by atoms with E-state index in [9.17, 15) is 18.4 Å². The average molecular weight is 348 g/mol. The molecule has 0 spiro atoms. The standard InChI is InChI=1S/C18H18F2N2O3/c1-25-14-4-2-3-11(7-14)8-16(18(21)24)22-17(23)9-12-5-6-13(19)10-15(12)20/h2-7,10,16H,8-9H2,1H3,(H2,21,24)(H,22,23)/t16-/m1/s1. The van der Waals surface area contributed by atoms with Crippen LogP contribution in [0.25, 0.3) is 0 Å². The maximum absolute atomic E-state index is 13.6. The van der Waals surface area contributed by atoms with Crippen molar-refractivity contribution < 1.29 is 23.1 Å². The minimum absolute atomic E-state index is 0.0310. The molecule has 2 rings (SSSR count). The molecule has 3 N–H and O–H groups in total. The normalized spacial score (nSPS) is 11.6. The maximum atomic E-state index is 13.6. The van der Waals surface area contributed by atoms with Gasteiger partial charge in [-0.25, -0.2) is 8.78 Å². The highest BCUT2D eigenvalue weighted by atomic mass is 19.1. The molecule has 2 amide bonds. The number of carbonyl (C=O) groups excluding carboxylic acids is 2. The summed E-state index contributed by atoms with van der Waals surface area (Å²) in [6.07, 6.45) is -0.155. The minimum atomic E-state index is -0.955. The van der Waals surface area contributed by atoms with Gasteiger partial charge in [-0.3, -0.25) is 9.59 Å². The summed E-state index contributed by atoms with van der Waals surface area (Å²) in [7, 11) is 1.52. The smallest absolute Gasteiger partial charge is 0.240 e. The first-order valence-corrected chi connectivity index (χ1v) is 7.54. The van der Waals surface area contributed by atoms with Gasteiger partial charge in [0, 0.05) is 12.5 Å². The second kappa shape index (κ2) is 8.23. The van der Waals surface area contributed by atoms with Gasteiger partial charge in [-0.1, -0.05) is 18.2 Å². The molecule has 0 aliphatic carbocycles. The van der Waals surface area contributed by atoms with Crippen LogP contribution in [0.1, 0.15) is 11.1 Å². The van der Waals surface area contributed by atoms with E-state index in [0.29, 0.717) is 11.8 Å². The van der Waals surface area contributed by atoms with Gasteiger partial charge in [-0.05, 0) is 29.3 Å². The van der Waals surface area contributed by atoms with E-state index < -0.39 is 29.5 Å². The van der Waals surface area contributed by atoms with Gasteiger partial charge in [0.2, 0.25) is 11.8 Å². The first-order chi connectivity index (χ1) is 11.9. The molecular weight excluding hydrogens is 330 g/mol. The number of hydrogen-bond donors (Lipinski definition) is 2. The molecule has 5 nitrogen and oxygen atoms in total. The molecule has 25 heavy (non-hydrogen) atoms. The number of halogens is 2. The highest BCUT2D eigenvalue weighted by Gasteiger charge is 2.20. The third-order valence-corrected chi connectivity index (χ3v) is 3.62. The van der Waals surface area contributed by atoms with Crippen molar-refractivity contribution >= 4 is 11.8 Å². The second-order valence-electron chi connectivity index (χ2n) is 5.49. The Morgan fingerprint density at radius 3 is 2.60 bits per heavy atom. The number of benzene rings is 2. The number of nitrogens with two attached hydrogens (primary N) is 1. The Bertz CT molecular complexity index is 781. The number of hydrogen-bond acceptors (Lipinski definition) is 3. The van der Waals surface area contributed by atoms with Crippen LogP contribution in [0.5, 0.6) is 5.75 Å². The van der Waals surface area contributed by atoms with Crippen LogP contribution in [0.2, 0.25) is 0 Å². The summed E-state index contributed by atoms with van der Waals surface area (Å²) < 4.78 is 31.6. The van der Waals surface area contributed by atoms with E-state index in [0.717, 1.165) is 11.6 Å². The average Bonchev–Trinajstić information content (AvgIpc) is 2.57. The van der Waals surface area contributed by atoms with Crippen LogP contribution in [0, 0.1) is 11.6 Å². The minimum Gasteiger partial charge on any atom is -0.497 e. The van der Waals surface area contributed by atoms with Gasteiger partial charge in [-0.15, -0.1) is 0 Å². The number of ether oxygens (including phenoxy) is 1. The predicted molar refractivity (Wildman–Crippen MR) is 87.9 cm³/mol. The van der Waals surface area contributed by atoms with E-state index in [1.54, 1.807) is 24.3 Å². The summed E-state index contributed by atoms with van der Waals surface area (Å²) in [5.41, 5.74) is 6.12. The van der Waals surface area contributed by atoms with E-state index in [1.807, 2.05) is 0 Å². The summed E-state index contributed by atoms with van der Waals surface area (Å²) in [4.78, 5) is 23.7. The van der Waals surface area contributed by atoms with Gasteiger partial charge in [0.25, 0.3) is 0 Å². The highest BCUT2D eigenvalue weighted by molar-refractivity contribution is 5.87. The zero-order valence-electron chi connectivity index (χ0n) is 13.6. The Balaban J connectivity index is 2.05. The highest BCUT2D eigenvalue weighted by Crippen LogP contribution is 2.14. The van der Waals surface area contributed by atoms with E-state index in [1.165, 1.54) is 13.2 Å². The Morgan fingerprint density at radius 2 is 1.96 bits per heavy atom. The van der Waals surface area contributed by atoms with Crippen molar-refractivity contribution in [3.05, 3.63) is 65.2 Å². The van der Waals surface area contributed by atoms with Crippen molar-refractivity contribution in [3.63, 3.8) is 0 Å². The van der Waals surface area contributed by atoms with Gasteiger partial charge in [0.05, 0.1) is 13.5 Å². The zero-order valence-corrected chi connectivity index (χ0v) is 13.6. The van der Waals surface area contributed by atoms with Crippen LogP contribution in [0.4, 0.5) is 8.78 Å². The quantitative estimate of drug-likeness (QED) is 0.800. The first-order valence-electron chi connectivity index (χ1n) is 7.54. The Labute approximate surface area is 143 Å².